The van der Waals surface area contributed by atoms with Crippen molar-refractivity contribution in [2.24, 2.45) is 0 Å². The Bertz CT molecular complexity index is 131. The molecule has 0 bridgehead atoms. The van der Waals surface area contributed by atoms with Crippen LogP contribution in [0.5, 0.6) is 0 Å². The molecule has 0 aromatic carbocycles. The zero-order valence-electron chi connectivity index (χ0n) is 13.0. The average Bonchev–Trinajstić information content (AvgIpc) is 2.42. The molecule has 0 nitrogen and oxygen atoms in total. The van der Waals surface area contributed by atoms with Gasteiger partial charge in [0, 0.05) is 0 Å². The predicted molar refractivity (Wildman–Crippen MR) is 82.0 cm³/mol. The highest BCUT2D eigenvalue weighted by atomic mass is 14.0. The largest absolute Gasteiger partial charge is 0.0988 e. The third-order valence-corrected chi connectivity index (χ3v) is 1.67. The smallest absolute Gasteiger partial charge is 0.0305 e. The minimum absolute atomic E-state index is 1.05. The van der Waals surface area contributed by atoms with Gasteiger partial charge in [-0.15, -0.1) is 0 Å². The molecule has 0 fully saturated rings. The summed E-state index contributed by atoms with van der Waals surface area (Å²) in [5.74, 6) is 0. The van der Waals surface area contributed by atoms with Crippen LogP contribution >= 0.6 is 0 Å². The molecule has 0 atom stereocenters. The summed E-state index contributed by atoms with van der Waals surface area (Å²) in [6, 6.07) is 0. The predicted octanol–water partition coefficient (Wildman–Crippen LogP) is 6.55. The lowest BCUT2D eigenvalue weighted by molar-refractivity contribution is 1.05. The minimum atomic E-state index is 1.05. The van der Waals surface area contributed by atoms with Crippen molar-refractivity contribution in [3.8, 4) is 0 Å². The molecule has 0 unspecified atom stereocenters. The fourth-order valence-electron chi connectivity index (χ4n) is 1.00. The van der Waals surface area contributed by atoms with E-state index in [1.165, 1.54) is 11.1 Å². The van der Waals surface area contributed by atoms with Crippen molar-refractivity contribution >= 4 is 0 Å². The maximum absolute atomic E-state index is 3.74. The lowest BCUT2D eigenvalue weighted by Crippen LogP contribution is -1.82. The Hall–Kier alpha value is -0.780. The lowest BCUT2D eigenvalue weighted by atomic mass is 10.0. The van der Waals surface area contributed by atoms with E-state index in [1.807, 2.05) is 53.7 Å². The standard InChI is InChI=1S/C10H16.3C2H6/c1-5-9(6-2)10(7-3)8-4;3*1-2/h5,7H,1,3,6,8H2,2,4H3;3*1-2H3/b10-9-;;;. The van der Waals surface area contributed by atoms with Crippen LogP contribution in [0.15, 0.2) is 36.5 Å². The fraction of sp³-hybridized carbons (Fsp3) is 0.625. The van der Waals surface area contributed by atoms with Gasteiger partial charge in [-0.3, -0.25) is 0 Å². The van der Waals surface area contributed by atoms with Gasteiger partial charge in [0.2, 0.25) is 0 Å². The summed E-state index contributed by atoms with van der Waals surface area (Å²) in [5, 5.41) is 0. The van der Waals surface area contributed by atoms with Gasteiger partial charge in [0.05, 0.1) is 0 Å². The molecule has 0 N–H and O–H groups in total. The molecule has 0 saturated carbocycles. The highest BCUT2D eigenvalue weighted by molar-refractivity contribution is 5.30. The van der Waals surface area contributed by atoms with E-state index in [9.17, 15) is 0 Å². The van der Waals surface area contributed by atoms with Gasteiger partial charge in [-0.25, -0.2) is 0 Å². The van der Waals surface area contributed by atoms with E-state index in [2.05, 4.69) is 27.0 Å². The van der Waals surface area contributed by atoms with Gasteiger partial charge >= 0.3 is 0 Å². The molecule has 0 saturated heterocycles. The van der Waals surface area contributed by atoms with Crippen LogP contribution in [0.2, 0.25) is 0 Å². The van der Waals surface area contributed by atoms with E-state index in [1.54, 1.807) is 0 Å². The van der Waals surface area contributed by atoms with Gasteiger partial charge in [-0.05, 0) is 24.0 Å². The highest BCUT2D eigenvalue weighted by Gasteiger charge is 1.93. The Labute approximate surface area is 105 Å². The summed E-state index contributed by atoms with van der Waals surface area (Å²) in [7, 11) is 0. The molecule has 0 aromatic rings. The van der Waals surface area contributed by atoms with Crippen LogP contribution in [0.25, 0.3) is 0 Å². The summed E-state index contributed by atoms with van der Waals surface area (Å²) < 4.78 is 0. The number of rotatable bonds is 4. The Morgan fingerprint density at radius 3 is 0.938 bits per heavy atom. The lowest BCUT2D eigenvalue weighted by Gasteiger charge is -2.02. The van der Waals surface area contributed by atoms with Crippen LogP contribution in [0.1, 0.15) is 68.2 Å². The quantitative estimate of drug-likeness (QED) is 0.477. The first-order valence-corrected chi connectivity index (χ1v) is 6.77. The Kier molecular flexibility index (Phi) is 44.7. The molecule has 0 heteroatoms. The van der Waals surface area contributed by atoms with Crippen LogP contribution in [0.3, 0.4) is 0 Å². The maximum atomic E-state index is 3.74. The first-order valence-electron chi connectivity index (χ1n) is 6.77. The Morgan fingerprint density at radius 2 is 0.875 bits per heavy atom. The molecular formula is C16H34. The van der Waals surface area contributed by atoms with Crippen LogP contribution in [-0.2, 0) is 0 Å². The normalized spacial score (nSPS) is 8.75. The van der Waals surface area contributed by atoms with Gasteiger partial charge in [0.15, 0.2) is 0 Å². The van der Waals surface area contributed by atoms with E-state index >= 15 is 0 Å². The van der Waals surface area contributed by atoms with Crippen molar-refractivity contribution in [1.29, 1.82) is 0 Å². The van der Waals surface area contributed by atoms with Gasteiger partial charge in [0.1, 0.15) is 0 Å². The first-order chi connectivity index (χ1) is 7.79. The second-order valence-corrected chi connectivity index (χ2v) is 2.17. The van der Waals surface area contributed by atoms with Gasteiger partial charge in [-0.2, -0.15) is 0 Å². The van der Waals surface area contributed by atoms with E-state index in [0.717, 1.165) is 12.8 Å². The number of allylic oxidation sites excluding steroid dienone is 4. The van der Waals surface area contributed by atoms with Crippen LogP contribution in [0, 0.1) is 0 Å². The second-order valence-electron chi connectivity index (χ2n) is 2.17. The molecule has 0 heterocycles. The Balaban J connectivity index is -0.000000103. The van der Waals surface area contributed by atoms with Gasteiger partial charge < -0.3 is 0 Å². The summed E-state index contributed by atoms with van der Waals surface area (Å²) in [5.41, 5.74) is 2.63. The summed E-state index contributed by atoms with van der Waals surface area (Å²) in [4.78, 5) is 0. The summed E-state index contributed by atoms with van der Waals surface area (Å²) >= 11 is 0. The van der Waals surface area contributed by atoms with E-state index in [-0.39, 0.29) is 0 Å². The maximum Gasteiger partial charge on any atom is -0.0305 e. The minimum Gasteiger partial charge on any atom is -0.0988 e. The molecule has 0 aliphatic heterocycles. The second kappa shape index (κ2) is 29.2. The number of hydrogen-bond donors (Lipinski definition) is 0. The molecule has 98 valence electrons. The molecular weight excluding hydrogens is 192 g/mol. The SMILES string of the molecule is C=C/C(CC)=C(\C=C)CC.CC.CC.CC. The topological polar surface area (TPSA) is 0 Å². The molecule has 0 rings (SSSR count). The first kappa shape index (κ1) is 24.4. The van der Waals surface area contributed by atoms with Gasteiger partial charge in [0.25, 0.3) is 0 Å². The van der Waals surface area contributed by atoms with Crippen molar-refractivity contribution in [1.82, 2.24) is 0 Å². The molecule has 16 heavy (non-hydrogen) atoms. The van der Waals surface area contributed by atoms with Crippen molar-refractivity contribution < 1.29 is 0 Å². The summed E-state index contributed by atoms with van der Waals surface area (Å²) in [6.45, 7) is 23.8. The molecule has 0 aromatic heterocycles. The average molecular weight is 226 g/mol. The Morgan fingerprint density at radius 1 is 0.688 bits per heavy atom. The van der Waals surface area contributed by atoms with E-state index in [0.29, 0.717) is 0 Å². The van der Waals surface area contributed by atoms with Crippen LogP contribution in [-0.4, -0.2) is 0 Å². The van der Waals surface area contributed by atoms with Crippen LogP contribution < -0.4 is 0 Å². The van der Waals surface area contributed by atoms with Crippen LogP contribution in [0.4, 0.5) is 0 Å². The molecule has 0 spiro atoms. The zero-order valence-corrected chi connectivity index (χ0v) is 13.0. The molecule has 0 aliphatic carbocycles. The molecule has 0 aliphatic rings. The third-order valence-electron chi connectivity index (χ3n) is 1.67. The van der Waals surface area contributed by atoms with Crippen molar-refractivity contribution in [2.45, 2.75) is 68.2 Å². The van der Waals surface area contributed by atoms with Crippen molar-refractivity contribution in [3.63, 3.8) is 0 Å². The molecule has 0 radical (unpaired) electrons. The number of hydrogen-bond acceptors (Lipinski definition) is 0. The highest BCUT2D eigenvalue weighted by Crippen LogP contribution is 2.13. The van der Waals surface area contributed by atoms with Crippen molar-refractivity contribution in [3.05, 3.63) is 36.5 Å². The summed E-state index contributed by atoms with van der Waals surface area (Å²) in [6.07, 6.45) is 5.94. The molecule has 0 amide bonds. The fourth-order valence-corrected chi connectivity index (χ4v) is 1.00. The van der Waals surface area contributed by atoms with Crippen molar-refractivity contribution in [2.75, 3.05) is 0 Å². The third kappa shape index (κ3) is 15.7. The van der Waals surface area contributed by atoms with E-state index in [4.69, 9.17) is 0 Å². The zero-order chi connectivity index (χ0) is 14.0. The van der Waals surface area contributed by atoms with E-state index < -0.39 is 0 Å². The van der Waals surface area contributed by atoms with Gasteiger partial charge in [-0.1, -0.05) is 80.7 Å². The monoisotopic (exact) mass is 226 g/mol.